The molecular weight excluding hydrogens is 222 g/mol. The van der Waals surface area contributed by atoms with E-state index >= 15 is 0 Å². The summed E-state index contributed by atoms with van der Waals surface area (Å²) in [6, 6.07) is 3.21. The molecule has 2 rings (SSSR count). The van der Waals surface area contributed by atoms with Crippen molar-refractivity contribution in [1.29, 1.82) is 5.26 Å². The third kappa shape index (κ3) is 3.46. The van der Waals surface area contributed by atoms with Crippen molar-refractivity contribution in [3.8, 4) is 6.07 Å². The average molecular weight is 249 g/mol. The van der Waals surface area contributed by atoms with Crippen LogP contribution in [0.5, 0.6) is 0 Å². The first-order chi connectivity index (χ1) is 8.78. The molecule has 0 radical (unpaired) electrons. The molecule has 1 saturated heterocycles. The molecule has 0 aromatic rings. The zero-order valence-electron chi connectivity index (χ0n) is 11.7. The fourth-order valence-electron chi connectivity index (χ4n) is 3.48. The minimum absolute atomic E-state index is 0.239. The molecule has 0 bridgehead atoms. The van der Waals surface area contributed by atoms with E-state index in [0.29, 0.717) is 6.04 Å². The van der Waals surface area contributed by atoms with Gasteiger partial charge in [0.2, 0.25) is 0 Å². The Morgan fingerprint density at radius 2 is 2.00 bits per heavy atom. The molecule has 1 saturated carbocycles. The lowest BCUT2D eigenvalue weighted by Gasteiger charge is -2.30. The van der Waals surface area contributed by atoms with E-state index in [1.165, 1.54) is 45.2 Å². The van der Waals surface area contributed by atoms with Gasteiger partial charge in [0.1, 0.15) is 5.54 Å². The molecule has 0 aromatic heterocycles. The molecule has 0 amide bonds. The predicted octanol–water partition coefficient (Wildman–Crippen LogP) is 2.68. The van der Waals surface area contributed by atoms with Crippen LogP contribution in [-0.4, -0.2) is 36.1 Å². The fourth-order valence-corrected chi connectivity index (χ4v) is 3.48. The van der Waals surface area contributed by atoms with E-state index in [9.17, 15) is 5.26 Å². The summed E-state index contributed by atoms with van der Waals surface area (Å²) in [7, 11) is 0. The summed E-state index contributed by atoms with van der Waals surface area (Å²) in [4.78, 5) is 2.52. The van der Waals surface area contributed by atoms with Gasteiger partial charge < -0.3 is 4.90 Å². The lowest BCUT2D eigenvalue weighted by Crippen LogP contribution is -2.49. The van der Waals surface area contributed by atoms with Gasteiger partial charge in [-0.05, 0) is 51.6 Å². The molecule has 1 atom stereocenters. The number of hydrogen-bond donors (Lipinski definition) is 1. The monoisotopic (exact) mass is 249 g/mol. The van der Waals surface area contributed by atoms with Crippen molar-refractivity contribution in [3.63, 3.8) is 0 Å². The first-order valence-electron chi connectivity index (χ1n) is 7.69. The Hall–Kier alpha value is -0.590. The highest BCUT2D eigenvalue weighted by Crippen LogP contribution is 2.27. The second-order valence-electron chi connectivity index (χ2n) is 6.01. The zero-order chi connectivity index (χ0) is 12.8. The summed E-state index contributed by atoms with van der Waals surface area (Å²) in [5.41, 5.74) is -0.239. The van der Waals surface area contributed by atoms with Crippen molar-refractivity contribution in [1.82, 2.24) is 10.2 Å². The zero-order valence-corrected chi connectivity index (χ0v) is 11.7. The summed E-state index contributed by atoms with van der Waals surface area (Å²) in [6.07, 6.45) is 9.61. The van der Waals surface area contributed by atoms with E-state index in [1.54, 1.807) is 0 Å². The number of likely N-dealkylation sites (tertiary alicyclic amines) is 1. The smallest absolute Gasteiger partial charge is 0.108 e. The second kappa shape index (κ2) is 6.54. The van der Waals surface area contributed by atoms with E-state index < -0.39 is 0 Å². The molecule has 0 aromatic carbocycles. The van der Waals surface area contributed by atoms with Gasteiger partial charge in [-0.15, -0.1) is 0 Å². The standard InChI is InChI=1S/C15H27N3/c1-2-10-18-11-5-8-15(13-16,9-12-18)17-14-6-3-4-7-14/h14,17H,2-12H2,1H3. The van der Waals surface area contributed by atoms with Crippen LogP contribution in [0.4, 0.5) is 0 Å². The maximum atomic E-state index is 9.61. The molecule has 3 nitrogen and oxygen atoms in total. The maximum Gasteiger partial charge on any atom is 0.108 e. The molecule has 1 aliphatic carbocycles. The molecule has 1 N–H and O–H groups in total. The third-order valence-electron chi connectivity index (χ3n) is 4.52. The number of rotatable bonds is 4. The number of nitrogens with one attached hydrogen (secondary N) is 1. The second-order valence-corrected chi connectivity index (χ2v) is 6.01. The highest BCUT2D eigenvalue weighted by molar-refractivity contribution is 5.09. The van der Waals surface area contributed by atoms with Gasteiger partial charge in [-0.3, -0.25) is 5.32 Å². The van der Waals surface area contributed by atoms with Crippen LogP contribution >= 0.6 is 0 Å². The molecule has 3 heteroatoms. The summed E-state index contributed by atoms with van der Waals surface area (Å²) in [5, 5.41) is 13.3. The van der Waals surface area contributed by atoms with Crippen LogP contribution in [0.1, 0.15) is 58.3 Å². The first kappa shape index (κ1) is 13.8. The van der Waals surface area contributed by atoms with Gasteiger partial charge in [0.05, 0.1) is 6.07 Å². The van der Waals surface area contributed by atoms with Gasteiger partial charge in [0.25, 0.3) is 0 Å². The highest BCUT2D eigenvalue weighted by atomic mass is 15.1. The molecule has 2 aliphatic rings. The quantitative estimate of drug-likeness (QED) is 0.832. The van der Waals surface area contributed by atoms with E-state index in [2.05, 4.69) is 23.2 Å². The Kier molecular flexibility index (Phi) is 5.03. The minimum atomic E-state index is -0.239. The Morgan fingerprint density at radius 1 is 1.22 bits per heavy atom. The van der Waals surface area contributed by atoms with Crippen LogP contribution in [-0.2, 0) is 0 Å². The Morgan fingerprint density at radius 3 is 2.67 bits per heavy atom. The minimum Gasteiger partial charge on any atom is -0.303 e. The van der Waals surface area contributed by atoms with Gasteiger partial charge >= 0.3 is 0 Å². The SMILES string of the molecule is CCCN1CCCC(C#N)(NC2CCCC2)CC1. The van der Waals surface area contributed by atoms with Crippen molar-refractivity contribution in [3.05, 3.63) is 0 Å². The van der Waals surface area contributed by atoms with Crippen molar-refractivity contribution in [2.45, 2.75) is 69.9 Å². The van der Waals surface area contributed by atoms with Crippen LogP contribution in [0, 0.1) is 11.3 Å². The molecule has 18 heavy (non-hydrogen) atoms. The van der Waals surface area contributed by atoms with Gasteiger partial charge in [-0.25, -0.2) is 0 Å². The van der Waals surface area contributed by atoms with E-state index in [4.69, 9.17) is 0 Å². The summed E-state index contributed by atoms with van der Waals surface area (Å²) < 4.78 is 0. The van der Waals surface area contributed by atoms with E-state index in [1.807, 2.05) is 0 Å². The van der Waals surface area contributed by atoms with Crippen LogP contribution in [0.15, 0.2) is 0 Å². The number of hydrogen-bond acceptors (Lipinski definition) is 3. The lowest BCUT2D eigenvalue weighted by atomic mass is 9.91. The average Bonchev–Trinajstić information content (AvgIpc) is 2.80. The van der Waals surface area contributed by atoms with Crippen LogP contribution < -0.4 is 5.32 Å². The van der Waals surface area contributed by atoms with Gasteiger partial charge in [-0.2, -0.15) is 5.26 Å². The van der Waals surface area contributed by atoms with Gasteiger partial charge in [-0.1, -0.05) is 19.8 Å². The molecule has 1 unspecified atom stereocenters. The summed E-state index contributed by atoms with van der Waals surface area (Å²) in [5.74, 6) is 0. The lowest BCUT2D eigenvalue weighted by molar-refractivity contribution is 0.270. The Labute approximate surface area is 112 Å². The van der Waals surface area contributed by atoms with Crippen LogP contribution in [0.25, 0.3) is 0 Å². The maximum absolute atomic E-state index is 9.61. The molecular formula is C15H27N3. The summed E-state index contributed by atoms with van der Waals surface area (Å²) in [6.45, 7) is 5.68. The van der Waals surface area contributed by atoms with Crippen molar-refractivity contribution in [2.24, 2.45) is 0 Å². The number of nitrogens with zero attached hydrogens (tertiary/aromatic N) is 2. The topological polar surface area (TPSA) is 39.1 Å². The fraction of sp³-hybridized carbons (Fsp3) is 0.933. The first-order valence-corrected chi connectivity index (χ1v) is 7.69. The third-order valence-corrected chi connectivity index (χ3v) is 4.52. The molecule has 102 valence electrons. The Bertz CT molecular complexity index is 291. The van der Waals surface area contributed by atoms with Crippen molar-refractivity contribution in [2.75, 3.05) is 19.6 Å². The van der Waals surface area contributed by atoms with Gasteiger partial charge in [0.15, 0.2) is 0 Å². The van der Waals surface area contributed by atoms with Crippen molar-refractivity contribution < 1.29 is 0 Å². The normalized spacial score (nSPS) is 31.1. The van der Waals surface area contributed by atoms with E-state index in [-0.39, 0.29) is 5.54 Å². The summed E-state index contributed by atoms with van der Waals surface area (Å²) >= 11 is 0. The highest BCUT2D eigenvalue weighted by Gasteiger charge is 2.35. The largest absolute Gasteiger partial charge is 0.303 e. The molecule has 1 aliphatic heterocycles. The molecule has 1 heterocycles. The van der Waals surface area contributed by atoms with Crippen LogP contribution in [0.3, 0.4) is 0 Å². The van der Waals surface area contributed by atoms with Gasteiger partial charge in [0, 0.05) is 12.6 Å². The van der Waals surface area contributed by atoms with Crippen molar-refractivity contribution >= 4 is 0 Å². The molecule has 2 fully saturated rings. The Balaban J connectivity index is 1.92. The number of nitriles is 1. The predicted molar refractivity (Wildman–Crippen MR) is 74.3 cm³/mol. The molecule has 0 spiro atoms. The van der Waals surface area contributed by atoms with E-state index in [0.717, 1.165) is 25.8 Å². The van der Waals surface area contributed by atoms with Crippen LogP contribution in [0.2, 0.25) is 0 Å².